The largest absolute Gasteiger partial charge is 0.756 e. The quantitative estimate of drug-likeness (QED) is 0.0113. The van der Waals surface area contributed by atoms with E-state index in [2.05, 4.69) is 62.5 Å². The van der Waals surface area contributed by atoms with E-state index in [4.69, 9.17) is 18.5 Å². The number of ketones is 1. The standard InChI is InChI=1S/C48H82NO9P/c1-6-8-10-12-14-16-18-20-21-22-23-25-27-29-31-33-35-39-47(51)55-43-46(44-57-59(53,54)56-42-41-49(3,4)5)58-48(52)40-36-38-45(50)37-34-32-30-28-26-24-19-17-15-13-11-9-7-2/h14-17,20-21,24,26,30,32,34,37,46H,6-13,18-19,22-23,25,27-29,31,33,35-36,38-44H2,1-5H3/b16-14-,17-15-,21-20-,26-24-,32-30-,37-34+/t46-/m1/s1. The molecule has 0 saturated carbocycles. The first-order valence-corrected chi connectivity index (χ1v) is 24.1. The molecule has 11 heteroatoms. The predicted molar refractivity (Wildman–Crippen MR) is 241 cm³/mol. The number of esters is 2. The number of ether oxygens (including phenoxy) is 2. The maximum Gasteiger partial charge on any atom is 0.306 e. The van der Waals surface area contributed by atoms with Crippen molar-refractivity contribution in [3.8, 4) is 0 Å². The molecule has 0 N–H and O–H groups in total. The van der Waals surface area contributed by atoms with Gasteiger partial charge in [-0.15, -0.1) is 0 Å². The number of unbranched alkanes of at least 4 members (excludes halogenated alkanes) is 13. The lowest BCUT2D eigenvalue weighted by molar-refractivity contribution is -0.870. The molecule has 0 radical (unpaired) electrons. The summed E-state index contributed by atoms with van der Waals surface area (Å²) in [6.07, 6.45) is 45.0. The fourth-order valence-electron chi connectivity index (χ4n) is 5.58. The van der Waals surface area contributed by atoms with E-state index < -0.39 is 32.5 Å². The van der Waals surface area contributed by atoms with Crippen molar-refractivity contribution in [3.63, 3.8) is 0 Å². The second kappa shape index (κ2) is 39.3. The molecule has 338 valence electrons. The summed E-state index contributed by atoms with van der Waals surface area (Å²) in [7, 11) is 1.00. The summed E-state index contributed by atoms with van der Waals surface area (Å²) >= 11 is 0. The number of nitrogens with zero attached hydrogens (tertiary/aromatic N) is 1. The smallest absolute Gasteiger partial charge is 0.306 e. The Morgan fingerprint density at radius 2 is 1.08 bits per heavy atom. The van der Waals surface area contributed by atoms with Gasteiger partial charge in [-0.25, -0.2) is 0 Å². The van der Waals surface area contributed by atoms with Crippen LogP contribution in [0.5, 0.6) is 0 Å². The number of phosphoric ester groups is 1. The third-order valence-electron chi connectivity index (χ3n) is 9.18. The van der Waals surface area contributed by atoms with Crippen molar-refractivity contribution in [2.45, 2.75) is 168 Å². The lowest BCUT2D eigenvalue weighted by Crippen LogP contribution is -2.37. The minimum Gasteiger partial charge on any atom is -0.756 e. The third-order valence-corrected chi connectivity index (χ3v) is 10.1. The van der Waals surface area contributed by atoms with Crippen LogP contribution >= 0.6 is 7.82 Å². The molecule has 0 amide bonds. The molecule has 0 aromatic rings. The fourth-order valence-corrected chi connectivity index (χ4v) is 6.31. The zero-order valence-corrected chi connectivity index (χ0v) is 38.6. The Bertz CT molecular complexity index is 1300. The summed E-state index contributed by atoms with van der Waals surface area (Å²) < 4.78 is 33.7. The second-order valence-corrected chi connectivity index (χ2v) is 17.5. The van der Waals surface area contributed by atoms with Crippen LogP contribution in [0.2, 0.25) is 0 Å². The Morgan fingerprint density at radius 1 is 0.576 bits per heavy atom. The van der Waals surface area contributed by atoms with Gasteiger partial charge in [-0.1, -0.05) is 138 Å². The van der Waals surface area contributed by atoms with Crippen LogP contribution in [-0.2, 0) is 37.5 Å². The van der Waals surface area contributed by atoms with Crippen LogP contribution in [0.25, 0.3) is 0 Å². The highest BCUT2D eigenvalue weighted by Crippen LogP contribution is 2.38. The van der Waals surface area contributed by atoms with Crippen molar-refractivity contribution >= 4 is 25.5 Å². The van der Waals surface area contributed by atoms with Crippen molar-refractivity contribution in [2.75, 3.05) is 47.5 Å². The summed E-state index contributed by atoms with van der Waals surface area (Å²) in [4.78, 5) is 49.8. The fraction of sp³-hybridized carbons (Fsp3) is 0.688. The van der Waals surface area contributed by atoms with Gasteiger partial charge in [-0.05, 0) is 76.7 Å². The highest BCUT2D eigenvalue weighted by Gasteiger charge is 2.22. The molecule has 0 spiro atoms. The van der Waals surface area contributed by atoms with Gasteiger partial charge in [0, 0.05) is 19.3 Å². The zero-order valence-electron chi connectivity index (χ0n) is 37.7. The molecule has 0 aliphatic carbocycles. The molecular weight excluding hydrogens is 766 g/mol. The zero-order chi connectivity index (χ0) is 43.7. The lowest BCUT2D eigenvalue weighted by atomic mass is 10.1. The van der Waals surface area contributed by atoms with Crippen LogP contribution in [0.1, 0.15) is 162 Å². The molecule has 0 heterocycles. The van der Waals surface area contributed by atoms with E-state index >= 15 is 0 Å². The molecule has 2 atom stereocenters. The van der Waals surface area contributed by atoms with Crippen LogP contribution in [0.15, 0.2) is 72.9 Å². The maximum absolute atomic E-state index is 12.7. The van der Waals surface area contributed by atoms with Crippen LogP contribution < -0.4 is 4.89 Å². The number of likely N-dealkylation sites (N-methyl/N-ethyl adjacent to an activating group) is 1. The lowest BCUT2D eigenvalue weighted by Gasteiger charge is -2.28. The summed E-state index contributed by atoms with van der Waals surface area (Å²) in [5, 5.41) is 0. The van der Waals surface area contributed by atoms with Crippen molar-refractivity contribution < 1.29 is 46.8 Å². The predicted octanol–water partition coefficient (Wildman–Crippen LogP) is 11.6. The number of hydrogen-bond acceptors (Lipinski definition) is 9. The molecule has 0 bridgehead atoms. The Labute approximate surface area is 359 Å². The maximum atomic E-state index is 12.7. The van der Waals surface area contributed by atoms with E-state index in [-0.39, 0.29) is 44.7 Å². The average molecular weight is 848 g/mol. The third kappa shape index (κ3) is 43.0. The Balaban J connectivity index is 4.56. The van der Waals surface area contributed by atoms with Gasteiger partial charge in [-0.2, -0.15) is 0 Å². The Morgan fingerprint density at radius 3 is 1.66 bits per heavy atom. The molecule has 10 nitrogen and oxygen atoms in total. The first-order chi connectivity index (χ1) is 28.4. The van der Waals surface area contributed by atoms with Gasteiger partial charge in [0.05, 0.1) is 27.7 Å². The van der Waals surface area contributed by atoms with E-state index in [1.807, 2.05) is 33.3 Å². The van der Waals surface area contributed by atoms with E-state index in [0.717, 1.165) is 51.4 Å². The number of allylic oxidation sites excluding steroid dienone is 12. The van der Waals surface area contributed by atoms with E-state index in [9.17, 15) is 23.8 Å². The molecule has 1 unspecified atom stereocenters. The average Bonchev–Trinajstić information content (AvgIpc) is 3.18. The highest BCUT2D eigenvalue weighted by molar-refractivity contribution is 7.45. The van der Waals surface area contributed by atoms with Crippen molar-refractivity contribution in [1.29, 1.82) is 0 Å². The number of hydrogen-bond donors (Lipinski definition) is 0. The van der Waals surface area contributed by atoms with Gasteiger partial charge < -0.3 is 27.9 Å². The van der Waals surface area contributed by atoms with Gasteiger partial charge in [0.25, 0.3) is 7.82 Å². The SMILES string of the molecule is CCCCC/C=C\C/C=C\C/C=C\C=C\C(=O)CCCC(=O)O[C@H](COC(=O)CCCCCCCCC/C=C\C/C=C\CCCCC)COP(=O)([O-])OCC[N+](C)(C)C. The minimum atomic E-state index is -4.70. The monoisotopic (exact) mass is 848 g/mol. The topological polar surface area (TPSA) is 128 Å². The molecule has 0 aromatic heterocycles. The molecule has 0 rings (SSSR count). The minimum absolute atomic E-state index is 0.0691. The van der Waals surface area contributed by atoms with Gasteiger partial charge in [0.1, 0.15) is 19.8 Å². The van der Waals surface area contributed by atoms with Crippen LogP contribution in [-0.4, -0.2) is 75.8 Å². The Hall–Kier alpha value is -2.88. The van der Waals surface area contributed by atoms with Gasteiger partial charge >= 0.3 is 11.9 Å². The first kappa shape index (κ1) is 56.1. The van der Waals surface area contributed by atoms with Gasteiger partial charge in [-0.3, -0.25) is 18.9 Å². The number of rotatable bonds is 40. The molecule has 59 heavy (non-hydrogen) atoms. The number of carbonyl (C=O) groups is 3. The van der Waals surface area contributed by atoms with Crippen LogP contribution in [0.3, 0.4) is 0 Å². The van der Waals surface area contributed by atoms with E-state index in [1.165, 1.54) is 70.3 Å². The molecule has 0 aromatic carbocycles. The summed E-state index contributed by atoms with van der Waals surface area (Å²) in [5.74, 6) is -1.23. The second-order valence-electron chi connectivity index (χ2n) is 16.1. The summed E-state index contributed by atoms with van der Waals surface area (Å²) in [5.41, 5.74) is 0. The van der Waals surface area contributed by atoms with Crippen LogP contribution in [0, 0.1) is 0 Å². The number of phosphoric acid groups is 1. The number of quaternary nitrogens is 1. The van der Waals surface area contributed by atoms with E-state index in [1.54, 1.807) is 6.08 Å². The highest BCUT2D eigenvalue weighted by atomic mass is 31.2. The normalized spacial score (nSPS) is 14.1. The molecule has 0 fully saturated rings. The van der Waals surface area contributed by atoms with Crippen molar-refractivity contribution in [3.05, 3.63) is 72.9 Å². The van der Waals surface area contributed by atoms with Crippen molar-refractivity contribution in [1.82, 2.24) is 0 Å². The summed E-state index contributed by atoms with van der Waals surface area (Å²) in [6, 6.07) is 0. The Kier molecular flexibility index (Phi) is 37.4. The van der Waals surface area contributed by atoms with Crippen molar-refractivity contribution in [2.24, 2.45) is 0 Å². The van der Waals surface area contributed by atoms with Crippen LogP contribution in [0.4, 0.5) is 0 Å². The van der Waals surface area contributed by atoms with Gasteiger partial charge in [0.15, 0.2) is 11.9 Å². The van der Waals surface area contributed by atoms with Gasteiger partial charge in [0.2, 0.25) is 0 Å². The van der Waals surface area contributed by atoms with E-state index in [0.29, 0.717) is 17.4 Å². The molecular formula is C48H82NO9P. The number of carbonyl (C=O) groups excluding carboxylic acids is 3. The summed E-state index contributed by atoms with van der Waals surface area (Å²) in [6.45, 7) is 3.86. The molecule has 0 aliphatic rings. The molecule has 0 saturated heterocycles. The first-order valence-electron chi connectivity index (χ1n) is 22.6. The molecule has 0 aliphatic heterocycles.